The van der Waals surface area contributed by atoms with Gasteiger partial charge in [-0.1, -0.05) is 17.7 Å². The first kappa shape index (κ1) is 33.9. The van der Waals surface area contributed by atoms with Gasteiger partial charge >= 0.3 is 5.97 Å². The van der Waals surface area contributed by atoms with Gasteiger partial charge in [0.25, 0.3) is 0 Å². The van der Waals surface area contributed by atoms with Crippen LogP contribution < -0.4 is 16.0 Å². The summed E-state index contributed by atoms with van der Waals surface area (Å²) in [5, 5.41) is 20.9. The van der Waals surface area contributed by atoms with E-state index in [1.54, 1.807) is 13.1 Å². The van der Waals surface area contributed by atoms with Crippen molar-refractivity contribution in [3.8, 4) is 17.3 Å². The average Bonchev–Trinajstić information content (AvgIpc) is 3.00. The highest BCUT2D eigenvalue weighted by atomic mass is 35.5. The van der Waals surface area contributed by atoms with Crippen molar-refractivity contribution >= 4 is 29.2 Å². The molecule has 1 unspecified atom stereocenters. The number of carbonyl (C=O) groups excluding carboxylic acids is 1. The molecular formula is C33H47ClN6O4. The summed E-state index contributed by atoms with van der Waals surface area (Å²) in [5.74, 6) is 1.13. The van der Waals surface area contributed by atoms with Gasteiger partial charge in [-0.2, -0.15) is 5.26 Å². The van der Waals surface area contributed by atoms with E-state index in [9.17, 15) is 10.1 Å². The summed E-state index contributed by atoms with van der Waals surface area (Å²) in [7, 11) is 0. The highest BCUT2D eigenvalue weighted by molar-refractivity contribution is 6.33. The second-order valence-electron chi connectivity index (χ2n) is 13.1. The van der Waals surface area contributed by atoms with E-state index in [2.05, 4.69) is 33.9 Å². The van der Waals surface area contributed by atoms with Crippen LogP contribution in [0.15, 0.2) is 30.5 Å². The van der Waals surface area contributed by atoms with E-state index in [1.165, 1.54) is 0 Å². The Morgan fingerprint density at radius 2 is 1.86 bits per heavy atom. The maximum Gasteiger partial charge on any atom is 0.335 e. The van der Waals surface area contributed by atoms with Gasteiger partial charge in [-0.05, 0) is 91.3 Å². The number of rotatable bonds is 12. The Balaban J connectivity index is 1.26. The Bertz CT molecular complexity index is 1280. The lowest BCUT2D eigenvalue weighted by Crippen LogP contribution is -2.44. The molecular weight excluding hydrogens is 580 g/mol. The Morgan fingerprint density at radius 1 is 1.16 bits per heavy atom. The highest BCUT2D eigenvalue weighted by Crippen LogP contribution is 2.32. The van der Waals surface area contributed by atoms with Crippen molar-refractivity contribution in [1.82, 2.24) is 15.3 Å². The molecule has 10 nitrogen and oxygen atoms in total. The topological polar surface area (TPSA) is 130 Å². The van der Waals surface area contributed by atoms with Gasteiger partial charge in [-0.3, -0.25) is 0 Å². The van der Waals surface area contributed by atoms with Gasteiger partial charge < -0.3 is 30.2 Å². The molecule has 3 N–H and O–H groups in total. The largest absolute Gasteiger partial charge is 0.458 e. The molecule has 11 heteroatoms. The molecule has 0 bridgehead atoms. The van der Waals surface area contributed by atoms with Crippen molar-refractivity contribution in [2.24, 2.45) is 5.41 Å². The minimum atomic E-state index is -0.600. The number of anilines is 2. The fourth-order valence-corrected chi connectivity index (χ4v) is 5.75. The number of nitrogens with one attached hydrogen (secondary N) is 3. The van der Waals surface area contributed by atoms with Crippen LogP contribution in [0, 0.1) is 16.7 Å². The van der Waals surface area contributed by atoms with Crippen molar-refractivity contribution in [2.45, 2.75) is 103 Å². The van der Waals surface area contributed by atoms with E-state index >= 15 is 0 Å². The molecule has 3 heterocycles. The maximum atomic E-state index is 12.2. The minimum Gasteiger partial charge on any atom is -0.458 e. The number of aromatic nitrogens is 2. The van der Waals surface area contributed by atoms with E-state index in [1.807, 2.05) is 45.0 Å². The minimum absolute atomic E-state index is 0.120. The zero-order chi connectivity index (χ0) is 31.7. The Hall–Kier alpha value is -2.97. The number of hydrogen-bond donors (Lipinski definition) is 3. The summed E-state index contributed by atoms with van der Waals surface area (Å²) in [4.78, 5) is 21.5. The Labute approximate surface area is 266 Å². The van der Waals surface area contributed by atoms with Crippen LogP contribution in [-0.2, 0) is 19.0 Å². The molecule has 2 atom stereocenters. The predicted molar refractivity (Wildman–Crippen MR) is 173 cm³/mol. The van der Waals surface area contributed by atoms with E-state index in [4.69, 9.17) is 30.8 Å². The Morgan fingerprint density at radius 3 is 2.55 bits per heavy atom. The molecule has 1 aliphatic heterocycles. The first-order chi connectivity index (χ1) is 20.9. The first-order valence-electron chi connectivity index (χ1n) is 15.7. The van der Waals surface area contributed by atoms with Gasteiger partial charge in [0.15, 0.2) is 6.10 Å². The first-order valence-corrected chi connectivity index (χ1v) is 16.1. The molecule has 2 aromatic rings. The lowest BCUT2D eigenvalue weighted by molar-refractivity contribution is -0.167. The lowest BCUT2D eigenvalue weighted by atomic mass is 9.82. The van der Waals surface area contributed by atoms with E-state index < -0.39 is 17.1 Å². The van der Waals surface area contributed by atoms with Crippen molar-refractivity contribution < 1.29 is 19.0 Å². The number of nitriles is 1. The zero-order valence-electron chi connectivity index (χ0n) is 26.6. The molecule has 0 spiro atoms. The summed E-state index contributed by atoms with van der Waals surface area (Å²) >= 11 is 6.58. The second kappa shape index (κ2) is 15.3. The van der Waals surface area contributed by atoms with Gasteiger partial charge in [-0.15, -0.1) is 0 Å². The number of halogens is 1. The van der Waals surface area contributed by atoms with Gasteiger partial charge in [-0.25, -0.2) is 14.8 Å². The molecule has 1 aliphatic carbocycles. The van der Waals surface area contributed by atoms with Crippen LogP contribution in [0.2, 0.25) is 5.02 Å². The Kier molecular flexibility index (Phi) is 11.8. The van der Waals surface area contributed by atoms with Crippen LogP contribution >= 0.6 is 11.6 Å². The van der Waals surface area contributed by atoms with Crippen LogP contribution in [-0.4, -0.2) is 72.1 Å². The highest BCUT2D eigenvalue weighted by Gasteiger charge is 2.32. The molecule has 0 aromatic carbocycles. The van der Waals surface area contributed by atoms with Crippen LogP contribution in [0.1, 0.15) is 73.1 Å². The maximum absolute atomic E-state index is 12.2. The lowest BCUT2D eigenvalue weighted by Gasteiger charge is -2.32. The normalized spacial score (nSPS) is 21.5. The van der Waals surface area contributed by atoms with Crippen molar-refractivity contribution in [3.63, 3.8) is 0 Å². The number of hydrogen-bond acceptors (Lipinski definition) is 10. The molecule has 44 heavy (non-hydrogen) atoms. The smallest absolute Gasteiger partial charge is 0.335 e. The zero-order valence-corrected chi connectivity index (χ0v) is 27.4. The standard InChI is InChI=1S/C33H47ClN6O4/c1-22(19-43-23(2)31(41)44-32(3,4)5)38-24-9-11-25(12-10-24)39-30-17-26(27(34)18-36-30)28-7-6-8-29(40-28)37-21-33(20-35)13-15-42-16-14-33/h6-8,17-18,22-25,38H,9-16,19,21H2,1-5H3,(H,36,39)(H,37,40)/t22?,23-,24?,25?/m1/s1. The average molecular weight is 627 g/mol. The molecule has 1 saturated carbocycles. The SMILES string of the molecule is CC(CO[C@H](C)C(=O)OC(C)(C)C)NC1CCC(Nc2cc(-c3cccc(NCC4(C#N)CCOCC4)n3)c(Cl)cn2)CC1. The van der Waals surface area contributed by atoms with E-state index in [-0.39, 0.29) is 12.0 Å². The summed E-state index contributed by atoms with van der Waals surface area (Å²) in [6.07, 6.45) is 6.54. The number of esters is 1. The van der Waals surface area contributed by atoms with Crippen LogP contribution in [0.3, 0.4) is 0 Å². The fraction of sp³-hybridized carbons (Fsp3) is 0.636. The molecule has 0 amide bonds. The molecule has 2 fully saturated rings. The molecule has 1 saturated heterocycles. The monoisotopic (exact) mass is 626 g/mol. The van der Waals surface area contributed by atoms with Crippen molar-refractivity contribution in [2.75, 3.05) is 37.0 Å². The van der Waals surface area contributed by atoms with Crippen LogP contribution in [0.5, 0.6) is 0 Å². The molecule has 0 radical (unpaired) electrons. The molecule has 4 rings (SSSR count). The van der Waals surface area contributed by atoms with Crippen LogP contribution in [0.25, 0.3) is 11.3 Å². The molecule has 2 aromatic heterocycles. The number of carbonyl (C=O) groups is 1. The summed E-state index contributed by atoms with van der Waals surface area (Å²) in [6.45, 7) is 11.5. The van der Waals surface area contributed by atoms with E-state index in [0.717, 1.165) is 42.8 Å². The van der Waals surface area contributed by atoms with Crippen molar-refractivity contribution in [1.29, 1.82) is 5.26 Å². The van der Waals surface area contributed by atoms with Gasteiger partial charge in [0, 0.05) is 49.6 Å². The third-order valence-electron chi connectivity index (χ3n) is 8.11. The number of nitrogens with zero attached hydrogens (tertiary/aromatic N) is 3. The summed E-state index contributed by atoms with van der Waals surface area (Å²) in [5.41, 5.74) is 0.580. The summed E-state index contributed by atoms with van der Waals surface area (Å²) < 4.78 is 16.6. The van der Waals surface area contributed by atoms with E-state index in [0.29, 0.717) is 62.1 Å². The third-order valence-corrected chi connectivity index (χ3v) is 8.41. The molecule has 2 aliphatic rings. The molecule has 240 valence electrons. The van der Waals surface area contributed by atoms with Crippen LogP contribution in [0.4, 0.5) is 11.6 Å². The number of ether oxygens (including phenoxy) is 3. The van der Waals surface area contributed by atoms with Gasteiger partial charge in [0.05, 0.1) is 28.8 Å². The van der Waals surface area contributed by atoms with Crippen molar-refractivity contribution in [3.05, 3.63) is 35.5 Å². The summed E-state index contributed by atoms with van der Waals surface area (Å²) in [6, 6.07) is 11.0. The van der Waals surface area contributed by atoms with Gasteiger partial charge in [0.1, 0.15) is 17.2 Å². The van der Waals surface area contributed by atoms with Gasteiger partial charge in [0.2, 0.25) is 0 Å². The number of pyridine rings is 2. The third kappa shape index (κ3) is 10.0. The quantitative estimate of drug-likeness (QED) is 0.242. The fourth-order valence-electron chi connectivity index (χ4n) is 5.55. The second-order valence-corrected chi connectivity index (χ2v) is 13.5. The predicted octanol–water partition coefficient (Wildman–Crippen LogP) is 5.98.